The molecule has 14 nitrogen and oxygen atoms in total. The van der Waals surface area contributed by atoms with E-state index in [9.17, 15) is 50.6 Å². The van der Waals surface area contributed by atoms with Crippen molar-refractivity contribution in [1.29, 1.82) is 0 Å². The standard InChI is InChI=1S/C36H47F4N3O4.C34H43F4N3O4/c1-6-47-32(44)26-15-17-41(18-16-26)31-21-27(36(38,39)40)9-12-29(31)24-13-19-42(20-14-24)33(45)35(37)23-43(34(2,3)4)22-30(35)25-7-10-28(46-5)11-8-25;1-32(2,3)41-20-28(23-5-8-26(45-4)9-6-23)33(35,21-41)31(44)40-17-11-22(12-18-40)27-10-7-25(34(36,37)38)19-29(27)39-15-13-24(14-16-39)30(42)43/h7-12,21,24,26,30H,6,13-20,22-23H2,1-5H3;5-10,19,22,24,28H,11-18,20-21H2,1-4H3,(H,42,43)/t30-,35-;28-,33-/m00/s1. The third-order valence-corrected chi connectivity index (χ3v) is 20.2. The number of hydrogen-bond acceptors (Lipinski definition) is 11. The van der Waals surface area contributed by atoms with Gasteiger partial charge < -0.3 is 38.9 Å². The number of rotatable bonds is 13. The number of hydrogen-bond donors (Lipinski definition) is 1. The maximum Gasteiger partial charge on any atom is 0.416 e. The molecular weight excluding hydrogens is 1200 g/mol. The fraction of sp³-hybridized carbons (Fsp3) is 0.600. The lowest BCUT2D eigenvalue weighted by Crippen LogP contribution is -2.53. The molecule has 0 aromatic heterocycles. The average molecular weight is 1300 g/mol. The van der Waals surface area contributed by atoms with E-state index < -0.39 is 70.4 Å². The van der Waals surface area contributed by atoms with Crippen molar-refractivity contribution < 1.29 is 73.6 Å². The Balaban J connectivity index is 0.000000218. The van der Waals surface area contributed by atoms with E-state index in [4.69, 9.17) is 14.2 Å². The lowest BCUT2D eigenvalue weighted by Gasteiger charge is -2.39. The minimum absolute atomic E-state index is 0.0171. The van der Waals surface area contributed by atoms with Crippen molar-refractivity contribution in [3.05, 3.63) is 118 Å². The smallest absolute Gasteiger partial charge is 0.416 e. The van der Waals surface area contributed by atoms with Gasteiger partial charge in [-0.1, -0.05) is 36.4 Å². The molecule has 2 amide bonds. The van der Waals surface area contributed by atoms with Crippen LogP contribution in [0.5, 0.6) is 11.5 Å². The minimum atomic E-state index is -4.51. The molecule has 4 atom stereocenters. The van der Waals surface area contributed by atoms with Crippen LogP contribution in [0.4, 0.5) is 46.5 Å². The Labute approximate surface area is 535 Å². The number of anilines is 2. The fourth-order valence-electron chi connectivity index (χ4n) is 14.5. The number of nitrogens with zero attached hydrogens (tertiary/aromatic N) is 6. The van der Waals surface area contributed by atoms with E-state index in [1.54, 1.807) is 61.3 Å². The summed E-state index contributed by atoms with van der Waals surface area (Å²) in [4.78, 5) is 62.9. The number of esters is 1. The van der Waals surface area contributed by atoms with Gasteiger partial charge >= 0.3 is 24.3 Å². The van der Waals surface area contributed by atoms with Crippen LogP contribution in [0.2, 0.25) is 0 Å². The summed E-state index contributed by atoms with van der Waals surface area (Å²) in [5, 5.41) is 9.39. The Kier molecular flexibility index (Phi) is 21.0. The molecule has 4 aromatic rings. The number of likely N-dealkylation sites (tertiary alicyclic amines) is 4. The summed E-state index contributed by atoms with van der Waals surface area (Å²) in [5.74, 6) is -3.23. The second-order valence-electron chi connectivity index (χ2n) is 27.8. The van der Waals surface area contributed by atoms with Crippen molar-refractivity contribution in [3.8, 4) is 11.5 Å². The first-order chi connectivity index (χ1) is 43.3. The van der Waals surface area contributed by atoms with Gasteiger partial charge in [0.1, 0.15) is 11.5 Å². The summed E-state index contributed by atoms with van der Waals surface area (Å²) < 4.78 is 133. The summed E-state index contributed by atoms with van der Waals surface area (Å²) >= 11 is 0. The van der Waals surface area contributed by atoms with E-state index >= 15 is 8.78 Å². The summed E-state index contributed by atoms with van der Waals surface area (Å²) in [6, 6.07) is 22.1. The number of carboxylic acids is 1. The quantitative estimate of drug-likeness (QED) is 0.101. The van der Waals surface area contributed by atoms with E-state index in [0.29, 0.717) is 146 Å². The first kappa shape index (κ1) is 69.7. The van der Waals surface area contributed by atoms with Gasteiger partial charge in [-0.15, -0.1) is 0 Å². The topological polar surface area (TPSA) is 136 Å². The molecule has 6 aliphatic heterocycles. The van der Waals surface area contributed by atoms with Gasteiger partial charge in [-0.25, -0.2) is 8.78 Å². The number of aliphatic carboxylic acids is 1. The molecular formula is C70H90F8N6O8. The molecule has 6 saturated heterocycles. The van der Waals surface area contributed by atoms with Gasteiger partial charge in [0.05, 0.1) is 43.8 Å². The number of piperidine rings is 4. The molecule has 10 rings (SSSR count). The molecule has 0 unspecified atom stereocenters. The van der Waals surface area contributed by atoms with Crippen LogP contribution in [0.25, 0.3) is 0 Å². The molecule has 0 radical (unpaired) electrons. The van der Waals surface area contributed by atoms with Crippen LogP contribution in [0.3, 0.4) is 0 Å². The van der Waals surface area contributed by atoms with Gasteiger partial charge in [-0.2, -0.15) is 26.3 Å². The van der Waals surface area contributed by atoms with Crippen molar-refractivity contribution >= 4 is 35.1 Å². The third kappa shape index (κ3) is 15.3. The van der Waals surface area contributed by atoms with Crippen LogP contribution in [-0.4, -0.2) is 170 Å². The highest BCUT2D eigenvalue weighted by Gasteiger charge is 2.59. The van der Waals surface area contributed by atoms with Gasteiger partial charge in [0.25, 0.3) is 11.8 Å². The molecule has 504 valence electrons. The van der Waals surface area contributed by atoms with Gasteiger partial charge in [0.15, 0.2) is 0 Å². The number of benzene rings is 4. The SMILES string of the molecule is CCOC(=O)C1CCN(c2cc(C(F)(F)F)ccc2C2CCN(C(=O)[C@]3(F)CN(C(C)(C)C)C[C@H]3c3ccc(OC)cc3)CC2)CC1.COc1ccc([C@@H]2CN(C(C)(C)C)C[C@@]2(F)C(=O)N2CCC(c3ccc(C(F)(F)F)cc3N3CCC(C(=O)O)CC3)CC2)cc1. The number of amides is 2. The zero-order valence-corrected chi connectivity index (χ0v) is 54.4. The van der Waals surface area contributed by atoms with Crippen molar-refractivity contribution in [2.24, 2.45) is 11.8 Å². The zero-order chi connectivity index (χ0) is 66.9. The third-order valence-electron chi connectivity index (χ3n) is 20.2. The molecule has 0 saturated carbocycles. The first-order valence-corrected chi connectivity index (χ1v) is 32.3. The van der Waals surface area contributed by atoms with Crippen LogP contribution >= 0.6 is 0 Å². The maximum absolute atomic E-state index is 17.2. The molecule has 6 heterocycles. The Hall–Kier alpha value is -6.68. The number of carbonyl (C=O) groups is 4. The van der Waals surface area contributed by atoms with Crippen molar-refractivity contribution in [1.82, 2.24) is 19.6 Å². The number of carboxylic acid groups (broad SMARTS) is 1. The summed E-state index contributed by atoms with van der Waals surface area (Å²) in [6.07, 6.45) is -5.29. The van der Waals surface area contributed by atoms with Crippen molar-refractivity contribution in [2.45, 2.75) is 158 Å². The highest BCUT2D eigenvalue weighted by molar-refractivity contribution is 5.88. The minimum Gasteiger partial charge on any atom is -0.497 e. The van der Waals surface area contributed by atoms with E-state index in [2.05, 4.69) is 0 Å². The predicted octanol–water partition coefficient (Wildman–Crippen LogP) is 13.1. The van der Waals surface area contributed by atoms with Crippen molar-refractivity contribution in [3.63, 3.8) is 0 Å². The van der Waals surface area contributed by atoms with Crippen LogP contribution < -0.4 is 19.3 Å². The zero-order valence-electron chi connectivity index (χ0n) is 54.4. The fourth-order valence-corrected chi connectivity index (χ4v) is 14.5. The molecule has 92 heavy (non-hydrogen) atoms. The van der Waals surface area contributed by atoms with Crippen LogP contribution in [0.15, 0.2) is 84.9 Å². The first-order valence-electron chi connectivity index (χ1n) is 32.3. The molecule has 6 fully saturated rings. The number of alkyl halides is 8. The molecule has 1 N–H and O–H groups in total. The number of halogens is 8. The van der Waals surface area contributed by atoms with E-state index in [0.717, 1.165) is 34.4 Å². The lowest BCUT2D eigenvalue weighted by molar-refractivity contribution is -0.149. The maximum atomic E-state index is 17.2. The number of ether oxygens (including phenoxy) is 3. The molecule has 0 aliphatic carbocycles. The highest BCUT2D eigenvalue weighted by Crippen LogP contribution is 2.48. The van der Waals surface area contributed by atoms with Crippen LogP contribution in [-0.2, 0) is 36.3 Å². The molecule has 22 heteroatoms. The van der Waals surface area contributed by atoms with E-state index in [1.165, 1.54) is 18.2 Å². The summed E-state index contributed by atoms with van der Waals surface area (Å²) in [7, 11) is 3.13. The average Bonchev–Trinajstić information content (AvgIpc) is 1.57. The number of methoxy groups -OCH3 is 2. The van der Waals surface area contributed by atoms with Crippen molar-refractivity contribution in [2.75, 3.05) is 109 Å². The Bertz CT molecular complexity index is 3210. The molecule has 6 aliphatic rings. The normalized spacial score (nSPS) is 23.9. The van der Waals surface area contributed by atoms with E-state index in [-0.39, 0.29) is 47.9 Å². The Morgan fingerprint density at radius 3 is 1.16 bits per heavy atom. The molecule has 0 bridgehead atoms. The van der Waals surface area contributed by atoms with Crippen LogP contribution in [0.1, 0.15) is 157 Å². The molecule has 0 spiro atoms. The number of carbonyl (C=O) groups excluding carboxylic acids is 3. The second-order valence-corrected chi connectivity index (χ2v) is 27.8. The van der Waals surface area contributed by atoms with Gasteiger partial charge in [0, 0.05) is 113 Å². The summed E-state index contributed by atoms with van der Waals surface area (Å²) in [6.45, 7) is 17.6. The van der Waals surface area contributed by atoms with Crippen LogP contribution in [0, 0.1) is 11.8 Å². The summed E-state index contributed by atoms with van der Waals surface area (Å²) in [5.41, 5.74) is -2.40. The van der Waals surface area contributed by atoms with Gasteiger partial charge in [-0.05, 0) is 182 Å². The van der Waals surface area contributed by atoms with E-state index in [1.807, 2.05) is 85.4 Å². The second kappa shape index (κ2) is 27.7. The molecule has 4 aromatic carbocycles. The Morgan fingerprint density at radius 1 is 0.511 bits per heavy atom. The monoisotopic (exact) mass is 1290 g/mol. The lowest BCUT2D eigenvalue weighted by atomic mass is 9.83. The highest BCUT2D eigenvalue weighted by atomic mass is 19.4. The Morgan fingerprint density at radius 2 is 0.859 bits per heavy atom. The van der Waals surface area contributed by atoms with Gasteiger partial charge in [-0.3, -0.25) is 29.0 Å². The predicted molar refractivity (Wildman–Crippen MR) is 336 cm³/mol. The largest absolute Gasteiger partial charge is 0.497 e. The van der Waals surface area contributed by atoms with Gasteiger partial charge in [0.2, 0.25) is 11.3 Å².